The molecule has 1 aliphatic heterocycles. The largest absolute Gasteiger partial charge is 0.478 e. The zero-order valence-electron chi connectivity index (χ0n) is 9.81. The van der Waals surface area contributed by atoms with Crippen molar-refractivity contribution in [1.29, 1.82) is 0 Å². The second kappa shape index (κ2) is 4.30. The molecule has 0 amide bonds. The maximum Gasteiger partial charge on any atom is 0.339 e. The highest BCUT2D eigenvalue weighted by atomic mass is 16.4. The zero-order chi connectivity index (χ0) is 12.5. The van der Waals surface area contributed by atoms with Crippen molar-refractivity contribution in [2.75, 3.05) is 31.1 Å². The van der Waals surface area contributed by atoms with Crippen LogP contribution in [-0.2, 0) is 0 Å². The van der Waals surface area contributed by atoms with Crippen LogP contribution < -0.4 is 10.2 Å². The average molecular weight is 246 g/mol. The van der Waals surface area contributed by atoms with Crippen LogP contribution >= 0.6 is 0 Å². The Labute approximate surface area is 104 Å². The van der Waals surface area contributed by atoms with Gasteiger partial charge < -0.3 is 20.3 Å². The molecule has 3 N–H and O–H groups in total. The number of carboxylic acid groups (broad SMARTS) is 1. The summed E-state index contributed by atoms with van der Waals surface area (Å²) in [5.74, 6) is -0.931. The highest BCUT2D eigenvalue weighted by Gasteiger charge is 2.21. The fourth-order valence-electron chi connectivity index (χ4n) is 2.38. The number of pyridine rings is 1. The minimum Gasteiger partial charge on any atom is -0.478 e. The zero-order valence-corrected chi connectivity index (χ0v) is 9.81. The summed E-state index contributed by atoms with van der Waals surface area (Å²) in [6, 6.07) is 1.88. The summed E-state index contributed by atoms with van der Waals surface area (Å²) in [7, 11) is 0. The molecule has 94 valence electrons. The Morgan fingerprint density at radius 1 is 1.39 bits per heavy atom. The summed E-state index contributed by atoms with van der Waals surface area (Å²) in [4.78, 5) is 20.6. The van der Waals surface area contributed by atoms with E-state index in [-0.39, 0.29) is 5.56 Å². The molecule has 0 saturated carbocycles. The fourth-order valence-corrected chi connectivity index (χ4v) is 2.38. The van der Waals surface area contributed by atoms with E-state index in [4.69, 9.17) is 0 Å². The third-order valence-electron chi connectivity index (χ3n) is 3.22. The van der Waals surface area contributed by atoms with Crippen molar-refractivity contribution >= 4 is 22.7 Å². The summed E-state index contributed by atoms with van der Waals surface area (Å²) < 4.78 is 0. The number of aromatic nitrogens is 2. The molecule has 1 fully saturated rings. The smallest absolute Gasteiger partial charge is 0.339 e. The van der Waals surface area contributed by atoms with Gasteiger partial charge in [-0.05, 0) is 6.07 Å². The second-order valence-corrected chi connectivity index (χ2v) is 4.30. The maximum absolute atomic E-state index is 11.3. The number of fused-ring (bicyclic) bond motifs is 1. The minimum atomic E-state index is -0.931. The molecule has 3 heterocycles. The molecule has 1 aliphatic rings. The molecule has 0 unspecified atom stereocenters. The topological polar surface area (TPSA) is 81.2 Å². The predicted octanol–water partition coefficient (Wildman–Crippen LogP) is 0.671. The summed E-state index contributed by atoms with van der Waals surface area (Å²) in [5, 5.41) is 13.4. The van der Waals surface area contributed by atoms with Gasteiger partial charge in [-0.25, -0.2) is 9.78 Å². The van der Waals surface area contributed by atoms with Gasteiger partial charge in [0.15, 0.2) is 0 Å². The Balaban J connectivity index is 2.18. The molecular formula is C12H14N4O2. The molecule has 6 heteroatoms. The van der Waals surface area contributed by atoms with Crippen molar-refractivity contribution in [1.82, 2.24) is 15.3 Å². The van der Waals surface area contributed by atoms with Crippen LogP contribution in [0, 0.1) is 0 Å². The van der Waals surface area contributed by atoms with Gasteiger partial charge in [-0.15, -0.1) is 0 Å². The molecule has 6 nitrogen and oxygen atoms in total. The van der Waals surface area contributed by atoms with E-state index in [2.05, 4.69) is 20.2 Å². The number of hydrogen-bond acceptors (Lipinski definition) is 4. The number of aromatic amines is 1. The van der Waals surface area contributed by atoms with Crippen molar-refractivity contribution < 1.29 is 9.90 Å². The van der Waals surface area contributed by atoms with Crippen molar-refractivity contribution in [3.05, 3.63) is 24.0 Å². The molecule has 18 heavy (non-hydrogen) atoms. The quantitative estimate of drug-likeness (QED) is 0.725. The van der Waals surface area contributed by atoms with Gasteiger partial charge in [-0.2, -0.15) is 0 Å². The number of piperazine rings is 1. The number of aromatic carboxylic acids is 1. The first-order valence-corrected chi connectivity index (χ1v) is 5.92. The van der Waals surface area contributed by atoms with E-state index in [0.717, 1.165) is 42.9 Å². The number of nitrogens with one attached hydrogen (secondary N) is 2. The minimum absolute atomic E-state index is 0.268. The average Bonchev–Trinajstić information content (AvgIpc) is 2.86. The number of anilines is 1. The molecule has 0 aliphatic carbocycles. The first-order chi connectivity index (χ1) is 8.77. The van der Waals surface area contributed by atoms with Crippen LogP contribution in [0.5, 0.6) is 0 Å². The lowest BCUT2D eigenvalue weighted by atomic mass is 10.1. The summed E-state index contributed by atoms with van der Waals surface area (Å²) in [5.41, 5.74) is 1.77. The number of carbonyl (C=O) groups is 1. The molecule has 3 rings (SSSR count). The van der Waals surface area contributed by atoms with Crippen LogP contribution in [0.2, 0.25) is 0 Å². The van der Waals surface area contributed by atoms with Crippen molar-refractivity contribution in [2.45, 2.75) is 0 Å². The summed E-state index contributed by atoms with van der Waals surface area (Å²) in [6.45, 7) is 3.36. The van der Waals surface area contributed by atoms with Crippen molar-refractivity contribution in [3.8, 4) is 0 Å². The standard InChI is InChI=1S/C12H14N4O2/c17-12(18)9-7-15-11-8(1-2-14-11)10(9)16-5-3-13-4-6-16/h1-2,7,13H,3-6H2,(H,14,15)(H,17,18). The van der Waals surface area contributed by atoms with E-state index < -0.39 is 5.97 Å². The van der Waals surface area contributed by atoms with E-state index in [0.29, 0.717) is 0 Å². The van der Waals surface area contributed by atoms with Crippen LogP contribution in [0.25, 0.3) is 11.0 Å². The SMILES string of the molecule is O=C(O)c1cnc2[nH]ccc2c1N1CCNCC1. The molecular weight excluding hydrogens is 232 g/mol. The van der Waals surface area contributed by atoms with Gasteiger partial charge in [0.25, 0.3) is 0 Å². The fraction of sp³-hybridized carbons (Fsp3) is 0.333. The summed E-state index contributed by atoms with van der Waals surface area (Å²) >= 11 is 0. The van der Waals surface area contributed by atoms with Crippen molar-refractivity contribution in [3.63, 3.8) is 0 Å². The molecule has 1 saturated heterocycles. The Morgan fingerprint density at radius 3 is 2.89 bits per heavy atom. The third kappa shape index (κ3) is 1.70. The molecule has 0 bridgehead atoms. The number of H-pyrrole nitrogens is 1. The van der Waals surface area contributed by atoms with Gasteiger partial charge in [0.2, 0.25) is 0 Å². The number of carboxylic acids is 1. The van der Waals surface area contributed by atoms with E-state index in [9.17, 15) is 9.90 Å². The Morgan fingerprint density at radius 2 is 2.17 bits per heavy atom. The van der Waals surface area contributed by atoms with Crippen LogP contribution in [-0.4, -0.2) is 47.2 Å². The molecule has 2 aromatic rings. The van der Waals surface area contributed by atoms with Gasteiger partial charge in [-0.1, -0.05) is 0 Å². The van der Waals surface area contributed by atoms with E-state index >= 15 is 0 Å². The highest BCUT2D eigenvalue weighted by molar-refractivity contribution is 6.03. The van der Waals surface area contributed by atoms with Crippen molar-refractivity contribution in [2.24, 2.45) is 0 Å². The predicted molar refractivity (Wildman–Crippen MR) is 68.1 cm³/mol. The number of rotatable bonds is 2. The molecule has 0 aromatic carbocycles. The van der Waals surface area contributed by atoms with E-state index in [1.807, 2.05) is 6.07 Å². The normalized spacial score (nSPS) is 16.1. The molecule has 0 atom stereocenters. The number of nitrogens with zero attached hydrogens (tertiary/aromatic N) is 2. The molecule has 2 aromatic heterocycles. The van der Waals surface area contributed by atoms with Gasteiger partial charge in [-0.3, -0.25) is 0 Å². The van der Waals surface area contributed by atoms with E-state index in [1.165, 1.54) is 6.20 Å². The Kier molecular flexibility index (Phi) is 2.64. The highest BCUT2D eigenvalue weighted by Crippen LogP contribution is 2.29. The van der Waals surface area contributed by atoms with Crippen LogP contribution in [0.3, 0.4) is 0 Å². The maximum atomic E-state index is 11.3. The van der Waals surface area contributed by atoms with Crippen LogP contribution in [0.15, 0.2) is 18.5 Å². The second-order valence-electron chi connectivity index (χ2n) is 4.30. The molecule has 0 radical (unpaired) electrons. The van der Waals surface area contributed by atoms with Gasteiger partial charge in [0.05, 0.1) is 5.69 Å². The first kappa shape index (κ1) is 11.0. The first-order valence-electron chi connectivity index (χ1n) is 5.92. The van der Waals surface area contributed by atoms with E-state index in [1.54, 1.807) is 6.20 Å². The summed E-state index contributed by atoms with van der Waals surface area (Å²) in [6.07, 6.45) is 3.22. The third-order valence-corrected chi connectivity index (χ3v) is 3.22. The van der Waals surface area contributed by atoms with Gasteiger partial charge in [0.1, 0.15) is 11.2 Å². The lowest BCUT2D eigenvalue weighted by Gasteiger charge is -2.30. The van der Waals surface area contributed by atoms with Gasteiger partial charge in [0, 0.05) is 44.0 Å². The lowest BCUT2D eigenvalue weighted by molar-refractivity contribution is 0.0697. The number of hydrogen-bond donors (Lipinski definition) is 3. The lowest BCUT2D eigenvalue weighted by Crippen LogP contribution is -2.44. The van der Waals surface area contributed by atoms with Crippen LogP contribution in [0.4, 0.5) is 5.69 Å². The monoisotopic (exact) mass is 246 g/mol. The Hall–Kier alpha value is -2.08. The van der Waals surface area contributed by atoms with Gasteiger partial charge >= 0.3 is 5.97 Å². The Bertz CT molecular complexity index is 587. The van der Waals surface area contributed by atoms with Crippen LogP contribution in [0.1, 0.15) is 10.4 Å². The molecule has 0 spiro atoms.